The predicted octanol–water partition coefficient (Wildman–Crippen LogP) is 1.58. The zero-order valence-electron chi connectivity index (χ0n) is 11.8. The molecule has 0 aromatic carbocycles. The number of aliphatic hydroxyl groups is 1. The molecular weight excluding hydrogens is 274 g/mol. The van der Waals surface area contributed by atoms with Gasteiger partial charge in [-0.05, 0) is 31.6 Å². The predicted molar refractivity (Wildman–Crippen MR) is 75.1 cm³/mol. The van der Waals surface area contributed by atoms with Crippen LogP contribution in [0.25, 0.3) is 0 Å². The largest absolute Gasteiger partial charge is 0.396 e. The lowest BCUT2D eigenvalue weighted by Gasteiger charge is -2.31. The van der Waals surface area contributed by atoms with Crippen LogP contribution < -0.4 is 0 Å². The Hall–Kier alpha value is -1.89. The molecule has 1 saturated carbocycles. The minimum absolute atomic E-state index is 0.0181. The molecule has 1 aliphatic heterocycles. The number of piperidine rings is 1. The molecule has 0 bridgehead atoms. The van der Waals surface area contributed by atoms with Crippen LogP contribution in [-0.2, 0) is 0 Å². The molecule has 3 rings (SSSR count). The van der Waals surface area contributed by atoms with Crippen molar-refractivity contribution in [3.8, 4) is 0 Å². The van der Waals surface area contributed by atoms with Gasteiger partial charge in [0, 0.05) is 31.8 Å². The fourth-order valence-corrected chi connectivity index (χ4v) is 2.87. The minimum Gasteiger partial charge on any atom is -0.396 e. The molecule has 7 heteroatoms. The van der Waals surface area contributed by atoms with Crippen molar-refractivity contribution in [3.05, 3.63) is 28.1 Å². The number of hydrogen-bond donors (Lipinski definition) is 1. The molecule has 2 fully saturated rings. The van der Waals surface area contributed by atoms with Crippen LogP contribution in [0.4, 0.5) is 5.69 Å². The molecule has 114 valence electrons. The van der Waals surface area contributed by atoms with E-state index in [-0.39, 0.29) is 30.2 Å². The van der Waals surface area contributed by atoms with E-state index >= 15 is 0 Å². The average Bonchev–Trinajstić information content (AvgIpc) is 3.25. The van der Waals surface area contributed by atoms with Crippen molar-refractivity contribution in [3.63, 3.8) is 0 Å². The minimum atomic E-state index is -0.451. The highest BCUT2D eigenvalue weighted by Gasteiger charge is 2.33. The summed E-state index contributed by atoms with van der Waals surface area (Å²) in [4.78, 5) is 24.8. The van der Waals surface area contributed by atoms with Crippen LogP contribution in [0.15, 0.2) is 12.3 Å². The van der Waals surface area contributed by atoms with Crippen LogP contribution in [0.2, 0.25) is 0 Å². The van der Waals surface area contributed by atoms with Crippen molar-refractivity contribution in [2.75, 3.05) is 19.7 Å². The van der Waals surface area contributed by atoms with Gasteiger partial charge < -0.3 is 14.6 Å². The lowest BCUT2D eigenvalue weighted by molar-refractivity contribution is -0.384. The fraction of sp³-hybridized carbons (Fsp3) is 0.643. The number of rotatable bonds is 4. The zero-order valence-corrected chi connectivity index (χ0v) is 11.8. The molecule has 0 spiro atoms. The van der Waals surface area contributed by atoms with Crippen LogP contribution >= 0.6 is 0 Å². The molecule has 0 unspecified atom stereocenters. The number of aliphatic hydroxyl groups excluding tert-OH is 1. The highest BCUT2D eigenvalue weighted by molar-refractivity contribution is 5.93. The zero-order chi connectivity index (χ0) is 15.0. The third kappa shape index (κ3) is 2.78. The molecule has 1 aromatic rings. The van der Waals surface area contributed by atoms with Gasteiger partial charge >= 0.3 is 0 Å². The number of nitro groups is 1. The Morgan fingerprint density at radius 1 is 1.33 bits per heavy atom. The summed E-state index contributed by atoms with van der Waals surface area (Å²) in [5, 5.41) is 20.1. The standard InChI is InChI=1S/C14H19N3O4/c18-9-10-3-5-15(6-4-10)14(19)13-7-12(17(20)21)8-16(13)11-1-2-11/h7-8,10-11,18H,1-6,9H2. The molecule has 1 N–H and O–H groups in total. The molecule has 0 atom stereocenters. The van der Waals surface area contributed by atoms with Crippen LogP contribution in [0.1, 0.15) is 42.2 Å². The maximum Gasteiger partial charge on any atom is 0.287 e. The van der Waals surface area contributed by atoms with Gasteiger partial charge in [-0.2, -0.15) is 0 Å². The third-order valence-corrected chi connectivity index (χ3v) is 4.36. The van der Waals surface area contributed by atoms with E-state index in [1.165, 1.54) is 12.3 Å². The first-order chi connectivity index (χ1) is 10.1. The van der Waals surface area contributed by atoms with Crippen molar-refractivity contribution in [2.45, 2.75) is 31.7 Å². The molecule has 0 radical (unpaired) electrons. The Bertz CT molecular complexity index is 557. The smallest absolute Gasteiger partial charge is 0.287 e. The van der Waals surface area contributed by atoms with Crippen molar-refractivity contribution < 1.29 is 14.8 Å². The van der Waals surface area contributed by atoms with E-state index in [0.29, 0.717) is 18.8 Å². The molecule has 2 aliphatic rings. The first-order valence-corrected chi connectivity index (χ1v) is 7.36. The van der Waals surface area contributed by atoms with Crippen LogP contribution in [-0.4, -0.2) is 45.1 Å². The van der Waals surface area contributed by atoms with Crippen molar-refractivity contribution >= 4 is 11.6 Å². The Morgan fingerprint density at radius 3 is 2.52 bits per heavy atom. The van der Waals surface area contributed by atoms with Crippen LogP contribution in [0.3, 0.4) is 0 Å². The van der Waals surface area contributed by atoms with Gasteiger partial charge in [-0.15, -0.1) is 0 Å². The lowest BCUT2D eigenvalue weighted by Crippen LogP contribution is -2.39. The number of amides is 1. The first-order valence-electron chi connectivity index (χ1n) is 7.36. The number of carbonyl (C=O) groups excluding carboxylic acids is 1. The number of nitrogens with zero attached hydrogens (tertiary/aromatic N) is 3. The van der Waals surface area contributed by atoms with Gasteiger partial charge in [0.25, 0.3) is 11.6 Å². The first kappa shape index (κ1) is 14.1. The number of aromatic nitrogens is 1. The molecule has 7 nitrogen and oxygen atoms in total. The molecule has 1 aromatic heterocycles. The summed E-state index contributed by atoms with van der Waals surface area (Å²) < 4.78 is 1.76. The van der Waals surface area contributed by atoms with Gasteiger partial charge in [0.2, 0.25) is 0 Å². The maximum absolute atomic E-state index is 12.6. The summed E-state index contributed by atoms with van der Waals surface area (Å²) in [5.41, 5.74) is 0.405. The van der Waals surface area contributed by atoms with Crippen molar-refractivity contribution in [1.29, 1.82) is 0 Å². The monoisotopic (exact) mass is 293 g/mol. The van der Waals surface area contributed by atoms with Gasteiger partial charge in [-0.25, -0.2) is 0 Å². The Labute approximate surface area is 122 Å². The highest BCUT2D eigenvalue weighted by Crippen LogP contribution is 2.38. The molecule has 1 aliphatic carbocycles. The molecule has 1 amide bonds. The van der Waals surface area contributed by atoms with E-state index in [4.69, 9.17) is 5.11 Å². The van der Waals surface area contributed by atoms with Gasteiger partial charge in [-0.1, -0.05) is 0 Å². The molecular formula is C14H19N3O4. The van der Waals surface area contributed by atoms with Gasteiger partial charge in [-0.3, -0.25) is 14.9 Å². The summed E-state index contributed by atoms with van der Waals surface area (Å²) in [7, 11) is 0. The summed E-state index contributed by atoms with van der Waals surface area (Å²) in [6.07, 6.45) is 4.99. The van der Waals surface area contributed by atoms with Crippen LogP contribution in [0.5, 0.6) is 0 Å². The van der Waals surface area contributed by atoms with E-state index in [1.807, 2.05) is 0 Å². The number of hydrogen-bond acceptors (Lipinski definition) is 4. The Balaban J connectivity index is 1.79. The summed E-state index contributed by atoms with van der Waals surface area (Å²) in [6.45, 7) is 1.37. The van der Waals surface area contributed by atoms with E-state index < -0.39 is 4.92 Å². The SMILES string of the molecule is O=C(c1cc([N+](=O)[O-])cn1C1CC1)N1CCC(CO)CC1. The average molecular weight is 293 g/mol. The van der Waals surface area contributed by atoms with E-state index in [9.17, 15) is 14.9 Å². The van der Waals surface area contributed by atoms with E-state index in [1.54, 1.807) is 9.47 Å². The topological polar surface area (TPSA) is 88.6 Å². The molecule has 2 heterocycles. The second-order valence-corrected chi connectivity index (χ2v) is 5.90. The summed E-state index contributed by atoms with van der Waals surface area (Å²) >= 11 is 0. The number of carbonyl (C=O) groups is 1. The van der Waals surface area contributed by atoms with Crippen LogP contribution in [0, 0.1) is 16.0 Å². The third-order valence-electron chi connectivity index (χ3n) is 4.36. The van der Waals surface area contributed by atoms with Crippen molar-refractivity contribution in [2.24, 2.45) is 5.92 Å². The fourth-order valence-electron chi connectivity index (χ4n) is 2.87. The highest BCUT2D eigenvalue weighted by atomic mass is 16.6. The van der Waals surface area contributed by atoms with Gasteiger partial charge in [0.05, 0.1) is 11.1 Å². The second kappa shape index (κ2) is 5.48. The normalized spacial score (nSPS) is 19.8. The second-order valence-electron chi connectivity index (χ2n) is 5.90. The van der Waals surface area contributed by atoms with Gasteiger partial charge in [0.15, 0.2) is 0 Å². The molecule has 1 saturated heterocycles. The summed E-state index contributed by atoms with van der Waals surface area (Å²) in [5.74, 6) is 0.130. The Kier molecular flexibility index (Phi) is 3.67. The molecule has 21 heavy (non-hydrogen) atoms. The quantitative estimate of drug-likeness (QED) is 0.674. The van der Waals surface area contributed by atoms with Crippen molar-refractivity contribution in [1.82, 2.24) is 9.47 Å². The lowest BCUT2D eigenvalue weighted by atomic mass is 9.98. The number of likely N-dealkylation sites (tertiary alicyclic amines) is 1. The van der Waals surface area contributed by atoms with E-state index in [0.717, 1.165) is 25.7 Å². The maximum atomic E-state index is 12.6. The van der Waals surface area contributed by atoms with Gasteiger partial charge in [0.1, 0.15) is 5.69 Å². The Morgan fingerprint density at radius 2 is 2.00 bits per heavy atom. The summed E-state index contributed by atoms with van der Waals surface area (Å²) in [6, 6.07) is 1.62. The van der Waals surface area contributed by atoms with E-state index in [2.05, 4.69) is 0 Å².